The summed E-state index contributed by atoms with van der Waals surface area (Å²) in [4.78, 5) is 13.0. The topological polar surface area (TPSA) is 76.6 Å². The van der Waals surface area contributed by atoms with Crippen LogP contribution < -0.4 is 16.2 Å². The van der Waals surface area contributed by atoms with E-state index < -0.39 is 5.97 Å². The van der Waals surface area contributed by atoms with Crippen LogP contribution in [0.5, 0.6) is 0 Å². The number of nitrogens with one attached hydrogen (secondary N) is 3. The van der Waals surface area contributed by atoms with Crippen LogP contribution in [0.3, 0.4) is 0 Å². The van der Waals surface area contributed by atoms with Crippen molar-refractivity contribution in [2.45, 2.75) is 37.9 Å². The Kier molecular flexibility index (Phi) is 6.30. The molecule has 0 spiro atoms. The summed E-state index contributed by atoms with van der Waals surface area (Å²) < 4.78 is 0. The molecule has 138 valence electrons. The highest BCUT2D eigenvalue weighted by Gasteiger charge is 2.35. The van der Waals surface area contributed by atoms with Gasteiger partial charge in [-0.25, -0.2) is 5.43 Å². The van der Waals surface area contributed by atoms with Gasteiger partial charge in [0.25, 0.3) is 0 Å². The maximum absolute atomic E-state index is 10.9. The van der Waals surface area contributed by atoms with Gasteiger partial charge in [-0.1, -0.05) is 30.7 Å². The average molecular weight is 367 g/mol. The number of halogens is 1. The highest BCUT2D eigenvalue weighted by molar-refractivity contribution is 6.30. The van der Waals surface area contributed by atoms with Crippen molar-refractivity contribution < 1.29 is 9.90 Å². The van der Waals surface area contributed by atoms with Crippen molar-refractivity contribution in [3.05, 3.63) is 34.9 Å². The molecule has 1 saturated carbocycles. The minimum atomic E-state index is -0.745. The van der Waals surface area contributed by atoms with Gasteiger partial charge >= 0.3 is 5.97 Å². The van der Waals surface area contributed by atoms with Crippen LogP contribution in [0, 0.1) is 5.92 Å². The maximum atomic E-state index is 10.9. The van der Waals surface area contributed by atoms with Crippen LogP contribution in [0.2, 0.25) is 5.02 Å². The molecule has 4 N–H and O–H groups in total. The van der Waals surface area contributed by atoms with Crippen LogP contribution in [-0.4, -0.2) is 54.2 Å². The summed E-state index contributed by atoms with van der Waals surface area (Å²) in [5, 5.41) is 13.4. The van der Waals surface area contributed by atoms with Crippen LogP contribution in [0.25, 0.3) is 0 Å². The molecule has 25 heavy (non-hydrogen) atoms. The van der Waals surface area contributed by atoms with E-state index in [-0.39, 0.29) is 12.6 Å². The van der Waals surface area contributed by atoms with Crippen LogP contribution in [-0.2, 0) is 4.79 Å². The zero-order valence-corrected chi connectivity index (χ0v) is 15.3. The van der Waals surface area contributed by atoms with Gasteiger partial charge in [0.1, 0.15) is 0 Å². The Hall–Kier alpha value is -1.18. The molecule has 1 saturated heterocycles. The van der Waals surface area contributed by atoms with E-state index in [0.717, 1.165) is 37.5 Å². The standard InChI is InChI=1S/C18H27ClN4O2/c1-2-23(11-17(24)25)16-7-15(8-16)20-9-13-10-21-22-18(13)12-4-3-5-14(19)6-12/h3-6,13,15-16,18,20-22H,2,7-11H2,1H3,(H,24,25). The Morgan fingerprint density at radius 3 is 2.92 bits per heavy atom. The molecular formula is C18H27ClN4O2. The summed E-state index contributed by atoms with van der Waals surface area (Å²) >= 11 is 6.12. The maximum Gasteiger partial charge on any atom is 0.317 e. The first-order chi connectivity index (χ1) is 12.1. The third-order valence-electron chi connectivity index (χ3n) is 5.34. The van der Waals surface area contributed by atoms with Crippen molar-refractivity contribution >= 4 is 17.6 Å². The van der Waals surface area contributed by atoms with Crippen molar-refractivity contribution in [2.24, 2.45) is 5.92 Å². The van der Waals surface area contributed by atoms with E-state index in [1.54, 1.807) is 0 Å². The summed E-state index contributed by atoms with van der Waals surface area (Å²) in [5.74, 6) is -0.287. The first-order valence-corrected chi connectivity index (χ1v) is 9.37. The Labute approximate surface area is 153 Å². The van der Waals surface area contributed by atoms with Crippen molar-refractivity contribution in [3.8, 4) is 0 Å². The van der Waals surface area contributed by atoms with Crippen LogP contribution in [0.4, 0.5) is 0 Å². The summed E-state index contributed by atoms with van der Waals surface area (Å²) in [5.41, 5.74) is 7.80. The smallest absolute Gasteiger partial charge is 0.317 e. The number of aliphatic carboxylic acids is 1. The molecule has 2 aliphatic rings. The number of hydrazine groups is 1. The number of likely N-dealkylation sites (N-methyl/N-ethyl adjacent to an activating group) is 1. The summed E-state index contributed by atoms with van der Waals surface area (Å²) in [7, 11) is 0. The molecule has 1 aliphatic carbocycles. The fourth-order valence-corrected chi connectivity index (χ4v) is 4.02. The zero-order chi connectivity index (χ0) is 17.8. The van der Waals surface area contributed by atoms with Gasteiger partial charge in [0.2, 0.25) is 0 Å². The lowest BCUT2D eigenvalue weighted by Crippen LogP contribution is -2.54. The van der Waals surface area contributed by atoms with E-state index in [1.807, 2.05) is 30.0 Å². The van der Waals surface area contributed by atoms with E-state index in [1.165, 1.54) is 5.56 Å². The summed E-state index contributed by atoms with van der Waals surface area (Å²) in [6.45, 7) is 4.80. The highest BCUT2D eigenvalue weighted by atomic mass is 35.5. The predicted molar refractivity (Wildman–Crippen MR) is 98.5 cm³/mol. The van der Waals surface area contributed by atoms with Gasteiger partial charge in [-0.3, -0.25) is 15.1 Å². The lowest BCUT2D eigenvalue weighted by atomic mass is 9.84. The number of nitrogens with zero attached hydrogens (tertiary/aromatic N) is 1. The van der Waals surface area contributed by atoms with Crippen LogP contribution in [0.15, 0.2) is 24.3 Å². The fraction of sp³-hybridized carbons (Fsp3) is 0.611. The molecule has 6 nitrogen and oxygen atoms in total. The van der Waals surface area contributed by atoms with Gasteiger partial charge in [-0.15, -0.1) is 0 Å². The number of carboxylic acids is 1. The second-order valence-electron chi connectivity index (χ2n) is 7.01. The molecule has 2 fully saturated rings. The summed E-state index contributed by atoms with van der Waals surface area (Å²) in [6, 6.07) is 9.13. The first kappa shape index (κ1) is 18.6. The van der Waals surface area contributed by atoms with Gasteiger partial charge in [-0.2, -0.15) is 0 Å². The monoisotopic (exact) mass is 366 g/mol. The second kappa shape index (κ2) is 8.47. The SMILES string of the molecule is CCN(CC(=O)O)C1CC(NCC2CNNC2c2cccc(Cl)c2)C1. The molecule has 3 rings (SSSR count). The second-order valence-corrected chi connectivity index (χ2v) is 7.44. The predicted octanol–water partition coefficient (Wildman–Crippen LogP) is 1.63. The van der Waals surface area contributed by atoms with Crippen molar-refractivity contribution in [1.29, 1.82) is 0 Å². The third kappa shape index (κ3) is 4.71. The number of carbonyl (C=O) groups is 1. The van der Waals surface area contributed by atoms with E-state index >= 15 is 0 Å². The van der Waals surface area contributed by atoms with Gasteiger partial charge < -0.3 is 10.4 Å². The number of hydrogen-bond donors (Lipinski definition) is 4. The molecule has 0 radical (unpaired) electrons. The quantitative estimate of drug-likeness (QED) is 0.560. The van der Waals surface area contributed by atoms with Gasteiger partial charge in [0, 0.05) is 36.1 Å². The Balaban J connectivity index is 1.45. The van der Waals surface area contributed by atoms with E-state index in [2.05, 4.69) is 22.2 Å². The number of hydrogen-bond acceptors (Lipinski definition) is 5. The number of benzene rings is 1. The van der Waals surface area contributed by atoms with Crippen LogP contribution in [0.1, 0.15) is 31.4 Å². The first-order valence-electron chi connectivity index (χ1n) is 9.00. The lowest BCUT2D eigenvalue weighted by molar-refractivity contribution is -0.139. The number of carboxylic acid groups (broad SMARTS) is 1. The molecule has 1 aromatic rings. The molecule has 1 heterocycles. The lowest BCUT2D eigenvalue weighted by Gasteiger charge is -2.43. The van der Waals surface area contributed by atoms with E-state index in [9.17, 15) is 4.79 Å². The minimum Gasteiger partial charge on any atom is -0.480 e. The van der Waals surface area contributed by atoms with E-state index in [4.69, 9.17) is 16.7 Å². The largest absolute Gasteiger partial charge is 0.480 e. The molecule has 0 amide bonds. The molecule has 7 heteroatoms. The van der Waals surface area contributed by atoms with Gasteiger partial charge in [-0.05, 0) is 37.1 Å². The Morgan fingerprint density at radius 1 is 1.44 bits per heavy atom. The Bertz CT molecular complexity index is 594. The Morgan fingerprint density at radius 2 is 2.24 bits per heavy atom. The van der Waals surface area contributed by atoms with Crippen molar-refractivity contribution in [1.82, 2.24) is 21.1 Å². The molecule has 0 aromatic heterocycles. The van der Waals surface area contributed by atoms with Gasteiger partial charge in [0.15, 0.2) is 0 Å². The van der Waals surface area contributed by atoms with Crippen molar-refractivity contribution in [2.75, 3.05) is 26.2 Å². The molecular weight excluding hydrogens is 340 g/mol. The van der Waals surface area contributed by atoms with Gasteiger partial charge in [0.05, 0.1) is 12.6 Å². The molecule has 1 aromatic carbocycles. The number of rotatable bonds is 8. The van der Waals surface area contributed by atoms with E-state index in [0.29, 0.717) is 18.0 Å². The van der Waals surface area contributed by atoms with Crippen molar-refractivity contribution in [3.63, 3.8) is 0 Å². The fourth-order valence-electron chi connectivity index (χ4n) is 3.82. The minimum absolute atomic E-state index is 0.140. The average Bonchev–Trinajstić information content (AvgIpc) is 3.00. The molecule has 2 unspecified atom stereocenters. The zero-order valence-electron chi connectivity index (χ0n) is 14.5. The normalized spacial score (nSPS) is 28.9. The van der Waals surface area contributed by atoms with Crippen LogP contribution >= 0.6 is 11.6 Å². The highest BCUT2D eigenvalue weighted by Crippen LogP contribution is 2.29. The summed E-state index contributed by atoms with van der Waals surface area (Å²) in [6.07, 6.45) is 2.05. The molecule has 2 atom stereocenters. The third-order valence-corrected chi connectivity index (χ3v) is 5.58. The molecule has 0 bridgehead atoms. The molecule has 1 aliphatic heterocycles.